The molecule has 0 aromatic heterocycles. The molecule has 0 radical (unpaired) electrons. The third-order valence-corrected chi connectivity index (χ3v) is 6.58. The molecule has 190 valence electrons. The van der Waals surface area contributed by atoms with Gasteiger partial charge in [-0.2, -0.15) is 36.2 Å². The first-order chi connectivity index (χ1) is 16.2. The van der Waals surface area contributed by atoms with Gasteiger partial charge >= 0.3 is 5.97 Å². The third-order valence-electron chi connectivity index (χ3n) is 4.93. The van der Waals surface area contributed by atoms with Crippen molar-refractivity contribution >= 4 is 59.8 Å². The highest BCUT2D eigenvalue weighted by atomic mass is 32.2. The van der Waals surface area contributed by atoms with Gasteiger partial charge < -0.3 is 26.8 Å². The molecular formula is C22H34N4O5S3. The molecule has 0 bridgehead atoms. The van der Waals surface area contributed by atoms with E-state index < -0.39 is 47.9 Å². The van der Waals surface area contributed by atoms with Crippen molar-refractivity contribution in [1.29, 1.82) is 0 Å². The van der Waals surface area contributed by atoms with Crippen molar-refractivity contribution in [1.82, 2.24) is 16.0 Å². The fourth-order valence-electron chi connectivity index (χ4n) is 2.95. The molecule has 0 spiro atoms. The van der Waals surface area contributed by atoms with Crippen LogP contribution in [0.25, 0.3) is 0 Å². The smallest absolute Gasteiger partial charge is 0.326 e. The lowest BCUT2D eigenvalue weighted by molar-refractivity contribution is -0.142. The second-order valence-corrected chi connectivity index (χ2v) is 9.90. The number of carbonyl (C=O) groups excluding carboxylic acids is 3. The van der Waals surface area contributed by atoms with Crippen molar-refractivity contribution in [3.63, 3.8) is 0 Å². The number of benzene rings is 1. The van der Waals surface area contributed by atoms with Crippen LogP contribution in [0.15, 0.2) is 30.3 Å². The number of thiol groups is 1. The molecule has 0 aliphatic heterocycles. The highest BCUT2D eigenvalue weighted by Gasteiger charge is 2.30. The third kappa shape index (κ3) is 11.0. The minimum Gasteiger partial charge on any atom is -0.480 e. The van der Waals surface area contributed by atoms with Gasteiger partial charge in [-0.3, -0.25) is 14.4 Å². The van der Waals surface area contributed by atoms with Crippen LogP contribution < -0.4 is 21.7 Å². The first kappa shape index (κ1) is 30.1. The summed E-state index contributed by atoms with van der Waals surface area (Å²) in [6, 6.07) is 5.14. The number of carboxylic acids is 1. The fraction of sp³-hybridized carbons (Fsp3) is 0.545. The summed E-state index contributed by atoms with van der Waals surface area (Å²) in [6.07, 6.45) is 4.60. The Labute approximate surface area is 214 Å². The van der Waals surface area contributed by atoms with Gasteiger partial charge in [0.25, 0.3) is 0 Å². The molecule has 9 nitrogen and oxygen atoms in total. The van der Waals surface area contributed by atoms with E-state index in [0.717, 1.165) is 5.56 Å². The first-order valence-corrected chi connectivity index (χ1v) is 14.2. The van der Waals surface area contributed by atoms with E-state index in [9.17, 15) is 24.3 Å². The molecule has 12 heteroatoms. The maximum absolute atomic E-state index is 13.0. The van der Waals surface area contributed by atoms with Gasteiger partial charge in [0.05, 0.1) is 6.04 Å². The lowest BCUT2D eigenvalue weighted by Crippen LogP contribution is -2.58. The van der Waals surface area contributed by atoms with E-state index >= 15 is 0 Å². The first-order valence-electron chi connectivity index (χ1n) is 10.8. The molecule has 4 unspecified atom stereocenters. The van der Waals surface area contributed by atoms with Crippen LogP contribution in [0.3, 0.4) is 0 Å². The number of hydrogen-bond acceptors (Lipinski definition) is 8. The fourth-order valence-corrected chi connectivity index (χ4v) is 4.16. The van der Waals surface area contributed by atoms with Crippen LogP contribution in [0.1, 0.15) is 18.4 Å². The van der Waals surface area contributed by atoms with E-state index in [0.29, 0.717) is 17.9 Å². The molecule has 1 rings (SSSR count). The number of nitrogens with two attached hydrogens (primary N) is 1. The topological polar surface area (TPSA) is 151 Å². The number of aliphatic carboxylic acids is 1. The Hall–Kier alpha value is -1.89. The van der Waals surface area contributed by atoms with Gasteiger partial charge in [0.1, 0.15) is 18.1 Å². The average molecular weight is 531 g/mol. The molecule has 0 heterocycles. The number of nitrogens with one attached hydrogen (secondary N) is 3. The van der Waals surface area contributed by atoms with Gasteiger partial charge in [-0.1, -0.05) is 30.3 Å². The molecule has 0 fully saturated rings. The van der Waals surface area contributed by atoms with Gasteiger partial charge in [0.2, 0.25) is 17.7 Å². The summed E-state index contributed by atoms with van der Waals surface area (Å²) in [6.45, 7) is 0. The molecule has 6 N–H and O–H groups in total. The Kier molecular flexibility index (Phi) is 14.8. The highest BCUT2D eigenvalue weighted by molar-refractivity contribution is 7.98. The summed E-state index contributed by atoms with van der Waals surface area (Å²) in [4.78, 5) is 49.8. The summed E-state index contributed by atoms with van der Waals surface area (Å²) in [5.74, 6) is -1.59. The predicted molar refractivity (Wildman–Crippen MR) is 141 cm³/mol. The summed E-state index contributed by atoms with van der Waals surface area (Å²) in [5, 5.41) is 17.2. The van der Waals surface area contributed by atoms with Crippen LogP contribution in [0.4, 0.5) is 0 Å². The van der Waals surface area contributed by atoms with Crippen LogP contribution >= 0.6 is 36.2 Å². The Morgan fingerprint density at radius 2 is 1.41 bits per heavy atom. The average Bonchev–Trinajstić information content (AvgIpc) is 2.83. The van der Waals surface area contributed by atoms with Crippen LogP contribution in [-0.2, 0) is 25.6 Å². The summed E-state index contributed by atoms with van der Waals surface area (Å²) < 4.78 is 0. The van der Waals surface area contributed by atoms with Gasteiger partial charge in [0.15, 0.2) is 0 Å². The molecule has 0 aliphatic carbocycles. The lowest BCUT2D eigenvalue weighted by atomic mass is 10.0. The van der Waals surface area contributed by atoms with E-state index in [2.05, 4.69) is 28.6 Å². The largest absolute Gasteiger partial charge is 0.480 e. The van der Waals surface area contributed by atoms with E-state index in [4.69, 9.17) is 5.73 Å². The van der Waals surface area contributed by atoms with Crippen LogP contribution in [0.2, 0.25) is 0 Å². The van der Waals surface area contributed by atoms with Crippen molar-refractivity contribution in [2.45, 2.75) is 43.4 Å². The van der Waals surface area contributed by atoms with Crippen LogP contribution in [-0.4, -0.2) is 82.7 Å². The van der Waals surface area contributed by atoms with Crippen molar-refractivity contribution < 1.29 is 24.3 Å². The number of thioether (sulfide) groups is 2. The number of carbonyl (C=O) groups is 4. The zero-order valence-corrected chi connectivity index (χ0v) is 21.9. The van der Waals surface area contributed by atoms with Crippen molar-refractivity contribution in [2.75, 3.05) is 29.8 Å². The SMILES string of the molecule is CSCCC(N)C(=O)NC(CS)C(=O)NC(Cc1ccccc1)C(=O)NC(CCSC)C(=O)O. The summed E-state index contributed by atoms with van der Waals surface area (Å²) in [5.41, 5.74) is 6.66. The van der Waals surface area contributed by atoms with Gasteiger partial charge in [0, 0.05) is 12.2 Å². The Balaban J connectivity index is 2.96. The molecular weight excluding hydrogens is 496 g/mol. The van der Waals surface area contributed by atoms with Gasteiger partial charge in [-0.15, -0.1) is 0 Å². The molecule has 0 aliphatic rings. The van der Waals surface area contributed by atoms with E-state index in [1.807, 2.05) is 18.6 Å². The van der Waals surface area contributed by atoms with E-state index in [1.165, 1.54) is 11.8 Å². The molecule has 1 aromatic carbocycles. The van der Waals surface area contributed by atoms with Crippen molar-refractivity contribution in [3.8, 4) is 0 Å². The standard InChI is InChI=1S/C22H34N4O5S3/c1-33-10-8-15(23)19(27)26-18(13-32)21(29)25-17(12-14-6-4-3-5-7-14)20(28)24-16(22(30)31)9-11-34-2/h3-7,15-18,32H,8-13,23H2,1-2H3,(H,24,28)(H,25,29)(H,26,27)(H,30,31). The molecule has 0 saturated carbocycles. The van der Waals surface area contributed by atoms with Crippen LogP contribution in [0, 0.1) is 0 Å². The van der Waals surface area contributed by atoms with Gasteiger partial charge in [-0.25, -0.2) is 4.79 Å². The molecule has 3 amide bonds. The Morgan fingerprint density at radius 3 is 1.97 bits per heavy atom. The molecule has 1 aromatic rings. The van der Waals surface area contributed by atoms with Crippen molar-refractivity contribution in [2.24, 2.45) is 5.73 Å². The second-order valence-electron chi connectivity index (χ2n) is 7.56. The van der Waals surface area contributed by atoms with E-state index in [1.54, 1.807) is 36.0 Å². The highest BCUT2D eigenvalue weighted by Crippen LogP contribution is 2.07. The second kappa shape index (κ2) is 16.7. The zero-order chi connectivity index (χ0) is 25.5. The van der Waals surface area contributed by atoms with E-state index in [-0.39, 0.29) is 18.6 Å². The zero-order valence-electron chi connectivity index (χ0n) is 19.4. The number of carboxylic acid groups (broad SMARTS) is 1. The Morgan fingerprint density at radius 1 is 0.882 bits per heavy atom. The maximum atomic E-state index is 13.0. The maximum Gasteiger partial charge on any atom is 0.326 e. The molecule has 4 atom stereocenters. The molecule has 0 saturated heterocycles. The van der Waals surface area contributed by atoms with Crippen molar-refractivity contribution in [3.05, 3.63) is 35.9 Å². The predicted octanol–water partition coefficient (Wildman–Crippen LogP) is 0.531. The normalized spacial score (nSPS) is 14.4. The Bertz CT molecular complexity index is 800. The monoisotopic (exact) mass is 530 g/mol. The number of hydrogen-bond donors (Lipinski definition) is 6. The number of rotatable bonds is 16. The molecule has 34 heavy (non-hydrogen) atoms. The van der Waals surface area contributed by atoms with Crippen LogP contribution in [0.5, 0.6) is 0 Å². The minimum atomic E-state index is -1.15. The number of amides is 3. The lowest BCUT2D eigenvalue weighted by Gasteiger charge is -2.24. The quantitative estimate of drug-likeness (QED) is 0.169. The van der Waals surface area contributed by atoms with Gasteiger partial charge in [-0.05, 0) is 42.4 Å². The summed E-state index contributed by atoms with van der Waals surface area (Å²) in [7, 11) is 0. The minimum absolute atomic E-state index is 0.00201. The summed E-state index contributed by atoms with van der Waals surface area (Å²) >= 11 is 7.19.